The molecule has 1 aliphatic carbocycles. The van der Waals surface area contributed by atoms with Gasteiger partial charge in [-0.2, -0.15) is 4.31 Å². The van der Waals surface area contributed by atoms with Gasteiger partial charge in [-0.1, -0.05) is 79.4 Å². The van der Waals surface area contributed by atoms with Crippen LogP contribution in [0.15, 0.2) is 83.8 Å². The molecule has 0 aliphatic heterocycles. The number of hydrogen-bond acceptors (Lipinski definition) is 5. The zero-order valence-corrected chi connectivity index (χ0v) is 25.5. The van der Waals surface area contributed by atoms with Crippen LogP contribution in [0.25, 0.3) is 0 Å². The van der Waals surface area contributed by atoms with Crippen LogP contribution in [-0.2, 0) is 32.6 Å². The molecular formula is C33H41N3O5S. The maximum absolute atomic E-state index is 14.1. The van der Waals surface area contributed by atoms with Crippen molar-refractivity contribution in [2.45, 2.75) is 69.0 Å². The molecular weight excluding hydrogens is 550 g/mol. The largest absolute Gasteiger partial charge is 0.497 e. The molecule has 3 aromatic rings. The predicted octanol–water partition coefficient (Wildman–Crippen LogP) is 4.71. The molecule has 0 unspecified atom stereocenters. The van der Waals surface area contributed by atoms with Gasteiger partial charge in [-0.3, -0.25) is 9.59 Å². The predicted molar refractivity (Wildman–Crippen MR) is 163 cm³/mol. The molecule has 8 nitrogen and oxygen atoms in total. The molecule has 0 saturated heterocycles. The summed E-state index contributed by atoms with van der Waals surface area (Å²) >= 11 is 0. The zero-order valence-electron chi connectivity index (χ0n) is 24.7. The maximum Gasteiger partial charge on any atom is 0.243 e. The Morgan fingerprint density at radius 1 is 0.929 bits per heavy atom. The lowest BCUT2D eigenvalue weighted by Crippen LogP contribution is -2.54. The molecule has 42 heavy (non-hydrogen) atoms. The van der Waals surface area contributed by atoms with E-state index in [2.05, 4.69) is 5.32 Å². The first-order valence-corrected chi connectivity index (χ1v) is 15.9. The van der Waals surface area contributed by atoms with Crippen LogP contribution < -0.4 is 10.1 Å². The number of carbonyl (C=O) groups is 2. The van der Waals surface area contributed by atoms with Crippen LogP contribution in [0.3, 0.4) is 0 Å². The molecule has 9 heteroatoms. The standard InChI is InChI=1S/C33H41N3O5S/c1-25-17-19-30(20-18-25)42(39,40)35(2)24-32(37)36(23-27-13-10-16-29(21-27)41-3)31(22-26-11-6-4-7-12-26)33(38)34-28-14-8-5-9-15-28/h4,6-7,10-13,16-21,28,31H,5,8-9,14-15,22-24H2,1-3H3,(H,34,38)/t31-/m0/s1. The van der Waals surface area contributed by atoms with Gasteiger partial charge in [0.05, 0.1) is 18.6 Å². The Bertz CT molecular complexity index is 1440. The van der Waals surface area contributed by atoms with E-state index in [1.165, 1.54) is 24.1 Å². The summed E-state index contributed by atoms with van der Waals surface area (Å²) in [6.45, 7) is 1.58. The highest BCUT2D eigenvalue weighted by Gasteiger charge is 2.34. The topological polar surface area (TPSA) is 96.0 Å². The Hall–Kier alpha value is -3.69. The van der Waals surface area contributed by atoms with Crippen molar-refractivity contribution in [3.05, 3.63) is 95.6 Å². The van der Waals surface area contributed by atoms with Gasteiger partial charge in [0.2, 0.25) is 21.8 Å². The number of aryl methyl sites for hydroxylation is 1. The fraction of sp³-hybridized carbons (Fsp3) is 0.394. The van der Waals surface area contributed by atoms with E-state index in [1.807, 2.05) is 61.5 Å². The highest BCUT2D eigenvalue weighted by molar-refractivity contribution is 7.89. The number of hydrogen-bond donors (Lipinski definition) is 1. The first-order valence-electron chi connectivity index (χ1n) is 14.5. The normalized spacial score (nSPS) is 14.8. The van der Waals surface area contributed by atoms with E-state index in [0.29, 0.717) is 12.2 Å². The maximum atomic E-state index is 14.1. The third-order valence-electron chi connectivity index (χ3n) is 7.80. The summed E-state index contributed by atoms with van der Waals surface area (Å²) < 4.78 is 33.2. The molecule has 1 saturated carbocycles. The Labute approximate surface area is 249 Å². The second-order valence-electron chi connectivity index (χ2n) is 11.0. The molecule has 0 bridgehead atoms. The van der Waals surface area contributed by atoms with E-state index in [9.17, 15) is 18.0 Å². The van der Waals surface area contributed by atoms with E-state index < -0.39 is 28.5 Å². The Kier molecular flexibility index (Phi) is 10.8. The molecule has 1 fully saturated rings. The molecule has 0 spiro atoms. The third kappa shape index (κ3) is 8.20. The number of likely N-dealkylation sites (N-methyl/N-ethyl adjacent to an activating group) is 1. The lowest BCUT2D eigenvalue weighted by molar-refractivity contribution is -0.141. The average molecular weight is 592 g/mol. The summed E-state index contributed by atoms with van der Waals surface area (Å²) in [6.07, 6.45) is 5.38. The van der Waals surface area contributed by atoms with Crippen LogP contribution in [0.5, 0.6) is 5.75 Å². The van der Waals surface area contributed by atoms with Crippen molar-refractivity contribution in [1.29, 1.82) is 0 Å². The van der Waals surface area contributed by atoms with Gasteiger partial charge >= 0.3 is 0 Å². The molecule has 1 atom stereocenters. The Morgan fingerprint density at radius 2 is 1.60 bits per heavy atom. The number of methoxy groups -OCH3 is 1. The monoisotopic (exact) mass is 591 g/mol. The van der Waals surface area contributed by atoms with Crippen molar-refractivity contribution in [2.75, 3.05) is 20.7 Å². The number of nitrogens with one attached hydrogen (secondary N) is 1. The van der Waals surface area contributed by atoms with E-state index >= 15 is 0 Å². The summed E-state index contributed by atoms with van der Waals surface area (Å²) in [6, 6.07) is 22.7. The average Bonchev–Trinajstić information content (AvgIpc) is 3.00. The lowest BCUT2D eigenvalue weighted by Gasteiger charge is -2.34. The minimum absolute atomic E-state index is 0.0582. The molecule has 224 valence electrons. The fourth-order valence-corrected chi connectivity index (χ4v) is 6.44. The summed E-state index contributed by atoms with van der Waals surface area (Å²) in [5.41, 5.74) is 2.62. The molecule has 0 aromatic heterocycles. The molecule has 4 rings (SSSR count). The van der Waals surface area contributed by atoms with Crippen molar-refractivity contribution >= 4 is 21.8 Å². The number of sulfonamides is 1. The Balaban J connectivity index is 1.67. The summed E-state index contributed by atoms with van der Waals surface area (Å²) in [7, 11) is -0.964. The molecule has 3 aromatic carbocycles. The number of ether oxygens (including phenoxy) is 1. The molecule has 1 N–H and O–H groups in total. The van der Waals surface area contributed by atoms with Gasteiger partial charge in [0.25, 0.3) is 0 Å². The number of carbonyl (C=O) groups excluding carboxylic acids is 2. The van der Waals surface area contributed by atoms with Gasteiger partial charge in [-0.15, -0.1) is 0 Å². The summed E-state index contributed by atoms with van der Waals surface area (Å²) in [4.78, 5) is 29.7. The smallest absolute Gasteiger partial charge is 0.243 e. The van der Waals surface area contributed by atoms with Crippen molar-refractivity contribution in [3.8, 4) is 5.75 Å². The van der Waals surface area contributed by atoms with Gasteiger partial charge in [0, 0.05) is 26.1 Å². The molecule has 0 radical (unpaired) electrons. The van der Waals surface area contributed by atoms with Gasteiger partial charge in [-0.25, -0.2) is 8.42 Å². The zero-order chi connectivity index (χ0) is 30.1. The summed E-state index contributed by atoms with van der Waals surface area (Å²) in [5.74, 6) is -0.0630. The van der Waals surface area contributed by atoms with Crippen LogP contribution >= 0.6 is 0 Å². The first kappa shape index (κ1) is 31.3. The highest BCUT2D eigenvalue weighted by atomic mass is 32.2. The number of amides is 2. The number of nitrogens with zero attached hydrogens (tertiary/aromatic N) is 2. The van der Waals surface area contributed by atoms with Crippen molar-refractivity contribution < 1.29 is 22.7 Å². The lowest BCUT2D eigenvalue weighted by atomic mass is 9.94. The third-order valence-corrected chi connectivity index (χ3v) is 9.61. The van der Waals surface area contributed by atoms with Crippen molar-refractivity contribution in [2.24, 2.45) is 0 Å². The van der Waals surface area contributed by atoms with Gasteiger partial charge < -0.3 is 15.0 Å². The molecule has 1 aliphatic rings. The van der Waals surface area contributed by atoms with Crippen LogP contribution in [0, 0.1) is 6.92 Å². The second kappa shape index (κ2) is 14.5. The van der Waals surface area contributed by atoms with E-state index in [0.717, 1.165) is 53.1 Å². The van der Waals surface area contributed by atoms with Crippen LogP contribution in [0.1, 0.15) is 48.8 Å². The Morgan fingerprint density at radius 3 is 2.26 bits per heavy atom. The van der Waals surface area contributed by atoms with E-state index in [-0.39, 0.29) is 23.4 Å². The van der Waals surface area contributed by atoms with Gasteiger partial charge in [0.1, 0.15) is 11.8 Å². The minimum Gasteiger partial charge on any atom is -0.497 e. The quantitative estimate of drug-likeness (QED) is 0.329. The SMILES string of the molecule is COc1cccc(CN(C(=O)CN(C)S(=O)(=O)c2ccc(C)cc2)[C@@H](Cc2ccccc2)C(=O)NC2CCCCC2)c1. The highest BCUT2D eigenvalue weighted by Crippen LogP contribution is 2.22. The molecule has 0 heterocycles. The number of benzene rings is 3. The van der Waals surface area contributed by atoms with Crippen LogP contribution in [0.4, 0.5) is 0 Å². The van der Waals surface area contributed by atoms with Crippen LogP contribution in [-0.4, -0.2) is 62.2 Å². The van der Waals surface area contributed by atoms with Gasteiger partial charge in [0.15, 0.2) is 0 Å². The van der Waals surface area contributed by atoms with Crippen molar-refractivity contribution in [3.63, 3.8) is 0 Å². The van der Waals surface area contributed by atoms with Crippen molar-refractivity contribution in [1.82, 2.24) is 14.5 Å². The fourth-order valence-electron chi connectivity index (χ4n) is 5.32. The minimum atomic E-state index is -3.93. The summed E-state index contributed by atoms with van der Waals surface area (Å²) in [5, 5.41) is 3.21. The van der Waals surface area contributed by atoms with E-state index in [1.54, 1.807) is 19.2 Å². The first-order chi connectivity index (χ1) is 20.2. The second-order valence-corrected chi connectivity index (χ2v) is 13.0. The molecule has 2 amide bonds. The van der Waals surface area contributed by atoms with E-state index in [4.69, 9.17) is 4.74 Å². The van der Waals surface area contributed by atoms with Crippen LogP contribution in [0.2, 0.25) is 0 Å². The van der Waals surface area contributed by atoms with Gasteiger partial charge in [-0.05, 0) is 55.2 Å². The number of rotatable bonds is 12.